The summed E-state index contributed by atoms with van der Waals surface area (Å²) in [4.78, 5) is 10.4. The molecule has 2 atom stereocenters. The Morgan fingerprint density at radius 3 is 3.08 bits per heavy atom. The molecule has 1 N–H and O–H groups in total. The first-order valence-corrected chi connectivity index (χ1v) is 4.62. The fourth-order valence-electron chi connectivity index (χ4n) is 1.22. The monoisotopic (exact) mass is 188 g/mol. The third-order valence-corrected chi connectivity index (χ3v) is 2.12. The second kappa shape index (κ2) is 5.19. The van der Waals surface area contributed by atoms with Gasteiger partial charge >= 0.3 is 5.97 Å². The summed E-state index contributed by atoms with van der Waals surface area (Å²) in [5, 5.41) is 8.56. The number of carboxylic acid groups (broad SMARTS) is 1. The van der Waals surface area contributed by atoms with Gasteiger partial charge in [0, 0.05) is 6.61 Å². The lowest BCUT2D eigenvalue weighted by atomic mass is 10.2. The van der Waals surface area contributed by atoms with Gasteiger partial charge in [0.1, 0.15) is 0 Å². The van der Waals surface area contributed by atoms with Crippen LogP contribution in [0.2, 0.25) is 0 Å². The zero-order valence-corrected chi connectivity index (χ0v) is 7.86. The molecule has 1 aliphatic heterocycles. The first-order chi connectivity index (χ1) is 6.20. The molecule has 2 unspecified atom stereocenters. The molecule has 0 aromatic rings. The number of hydrogen-bond acceptors (Lipinski definition) is 3. The van der Waals surface area contributed by atoms with E-state index in [1.54, 1.807) is 6.92 Å². The van der Waals surface area contributed by atoms with Gasteiger partial charge in [0.15, 0.2) is 0 Å². The zero-order valence-electron chi connectivity index (χ0n) is 7.86. The van der Waals surface area contributed by atoms with E-state index in [-0.39, 0.29) is 12.7 Å². The normalized spacial score (nSPS) is 24.5. The van der Waals surface area contributed by atoms with E-state index in [9.17, 15) is 4.79 Å². The summed E-state index contributed by atoms with van der Waals surface area (Å²) in [5.74, 6) is -1.24. The van der Waals surface area contributed by atoms with Gasteiger partial charge in [0.25, 0.3) is 0 Å². The molecule has 0 saturated carbocycles. The van der Waals surface area contributed by atoms with Crippen LogP contribution in [0.3, 0.4) is 0 Å². The number of rotatable bonds is 5. The molecular formula is C9H16O4. The van der Waals surface area contributed by atoms with Crippen LogP contribution >= 0.6 is 0 Å². The molecule has 0 aromatic carbocycles. The standard InChI is InChI=1S/C9H16O4/c1-7(9(10)11)5-12-6-8-3-2-4-13-8/h7-8H,2-6H2,1H3,(H,10,11). The van der Waals surface area contributed by atoms with E-state index in [4.69, 9.17) is 14.6 Å². The van der Waals surface area contributed by atoms with Gasteiger partial charge < -0.3 is 14.6 Å². The Labute approximate surface area is 77.8 Å². The van der Waals surface area contributed by atoms with Crippen LogP contribution in [0.4, 0.5) is 0 Å². The highest BCUT2D eigenvalue weighted by Gasteiger charge is 2.17. The SMILES string of the molecule is CC(COCC1CCCO1)C(=O)O. The molecule has 0 aliphatic carbocycles. The predicted molar refractivity (Wildman–Crippen MR) is 46.6 cm³/mol. The molecule has 4 nitrogen and oxygen atoms in total. The van der Waals surface area contributed by atoms with Gasteiger partial charge in [-0.25, -0.2) is 0 Å². The highest BCUT2D eigenvalue weighted by molar-refractivity contribution is 5.69. The number of aliphatic carboxylic acids is 1. The van der Waals surface area contributed by atoms with E-state index in [0.717, 1.165) is 19.4 Å². The molecule has 0 radical (unpaired) electrons. The van der Waals surface area contributed by atoms with Crippen molar-refractivity contribution in [3.63, 3.8) is 0 Å². The van der Waals surface area contributed by atoms with Gasteiger partial charge in [0.2, 0.25) is 0 Å². The molecular weight excluding hydrogens is 172 g/mol. The first-order valence-electron chi connectivity index (χ1n) is 4.62. The Hall–Kier alpha value is -0.610. The second-order valence-corrected chi connectivity index (χ2v) is 3.41. The number of carbonyl (C=O) groups is 1. The molecule has 0 aromatic heterocycles. The molecule has 13 heavy (non-hydrogen) atoms. The third kappa shape index (κ3) is 3.74. The topological polar surface area (TPSA) is 55.8 Å². The minimum atomic E-state index is -0.813. The Kier molecular flexibility index (Phi) is 4.18. The minimum absolute atomic E-state index is 0.181. The highest BCUT2D eigenvalue weighted by Crippen LogP contribution is 2.12. The lowest BCUT2D eigenvalue weighted by Gasteiger charge is -2.11. The van der Waals surface area contributed by atoms with E-state index in [1.807, 2.05) is 0 Å². The van der Waals surface area contributed by atoms with Crippen LogP contribution < -0.4 is 0 Å². The van der Waals surface area contributed by atoms with Gasteiger partial charge in [-0.2, -0.15) is 0 Å². The number of ether oxygens (including phenoxy) is 2. The van der Waals surface area contributed by atoms with Crippen molar-refractivity contribution in [1.82, 2.24) is 0 Å². The zero-order chi connectivity index (χ0) is 9.68. The summed E-state index contributed by atoms with van der Waals surface area (Å²) in [6.45, 7) is 3.24. The van der Waals surface area contributed by atoms with Crippen molar-refractivity contribution in [2.24, 2.45) is 5.92 Å². The van der Waals surface area contributed by atoms with Gasteiger partial charge in [-0.3, -0.25) is 4.79 Å². The van der Waals surface area contributed by atoms with Crippen molar-refractivity contribution in [2.45, 2.75) is 25.9 Å². The average Bonchev–Trinajstić information content (AvgIpc) is 2.56. The van der Waals surface area contributed by atoms with Crippen molar-refractivity contribution in [3.05, 3.63) is 0 Å². The minimum Gasteiger partial charge on any atom is -0.481 e. The van der Waals surface area contributed by atoms with Crippen molar-refractivity contribution in [2.75, 3.05) is 19.8 Å². The van der Waals surface area contributed by atoms with Crippen LogP contribution in [-0.2, 0) is 14.3 Å². The Bertz CT molecular complexity index is 163. The molecule has 1 aliphatic rings. The Morgan fingerprint density at radius 1 is 1.77 bits per heavy atom. The highest BCUT2D eigenvalue weighted by atomic mass is 16.5. The first kappa shape index (κ1) is 10.5. The molecule has 0 spiro atoms. The molecule has 1 fully saturated rings. The Balaban J connectivity index is 2.02. The van der Waals surface area contributed by atoms with Crippen molar-refractivity contribution < 1.29 is 19.4 Å². The maximum atomic E-state index is 10.4. The van der Waals surface area contributed by atoms with E-state index in [0.29, 0.717) is 6.61 Å². The summed E-state index contributed by atoms with van der Waals surface area (Å²) in [7, 11) is 0. The lowest BCUT2D eigenvalue weighted by Crippen LogP contribution is -2.21. The molecule has 0 amide bonds. The van der Waals surface area contributed by atoms with Crippen LogP contribution in [0.25, 0.3) is 0 Å². The predicted octanol–water partition coefficient (Wildman–Crippen LogP) is 0.903. The Morgan fingerprint density at radius 2 is 2.54 bits per heavy atom. The largest absolute Gasteiger partial charge is 0.481 e. The van der Waals surface area contributed by atoms with Crippen LogP contribution in [0.15, 0.2) is 0 Å². The van der Waals surface area contributed by atoms with Gasteiger partial charge in [0.05, 0.1) is 25.2 Å². The second-order valence-electron chi connectivity index (χ2n) is 3.41. The third-order valence-electron chi connectivity index (χ3n) is 2.12. The van der Waals surface area contributed by atoms with Gasteiger partial charge in [-0.15, -0.1) is 0 Å². The van der Waals surface area contributed by atoms with Crippen LogP contribution in [-0.4, -0.2) is 37.0 Å². The molecule has 4 heteroatoms. The fourth-order valence-corrected chi connectivity index (χ4v) is 1.22. The van der Waals surface area contributed by atoms with E-state index < -0.39 is 11.9 Å². The quantitative estimate of drug-likeness (QED) is 0.696. The van der Waals surface area contributed by atoms with Gasteiger partial charge in [-0.1, -0.05) is 0 Å². The van der Waals surface area contributed by atoms with E-state index >= 15 is 0 Å². The van der Waals surface area contributed by atoms with Crippen molar-refractivity contribution in [1.29, 1.82) is 0 Å². The lowest BCUT2D eigenvalue weighted by molar-refractivity contribution is -0.143. The molecule has 1 rings (SSSR count). The summed E-state index contributed by atoms with van der Waals surface area (Å²) in [5.41, 5.74) is 0. The summed E-state index contributed by atoms with van der Waals surface area (Å²) < 4.78 is 10.6. The van der Waals surface area contributed by atoms with Crippen LogP contribution in [0.5, 0.6) is 0 Å². The summed E-state index contributed by atoms with van der Waals surface area (Å²) >= 11 is 0. The van der Waals surface area contributed by atoms with Crippen LogP contribution in [0.1, 0.15) is 19.8 Å². The maximum Gasteiger partial charge on any atom is 0.308 e. The molecule has 1 heterocycles. The summed E-state index contributed by atoms with van der Waals surface area (Å²) in [6.07, 6.45) is 2.30. The summed E-state index contributed by atoms with van der Waals surface area (Å²) in [6, 6.07) is 0. The molecule has 0 bridgehead atoms. The average molecular weight is 188 g/mol. The van der Waals surface area contributed by atoms with Crippen molar-refractivity contribution >= 4 is 5.97 Å². The fraction of sp³-hybridized carbons (Fsp3) is 0.889. The van der Waals surface area contributed by atoms with E-state index in [2.05, 4.69) is 0 Å². The molecule has 76 valence electrons. The number of hydrogen-bond donors (Lipinski definition) is 1. The number of carboxylic acids is 1. The van der Waals surface area contributed by atoms with Gasteiger partial charge in [-0.05, 0) is 19.8 Å². The van der Waals surface area contributed by atoms with E-state index in [1.165, 1.54) is 0 Å². The smallest absolute Gasteiger partial charge is 0.308 e. The maximum absolute atomic E-state index is 10.4. The molecule has 1 saturated heterocycles. The van der Waals surface area contributed by atoms with Crippen LogP contribution in [0, 0.1) is 5.92 Å². The van der Waals surface area contributed by atoms with Crippen molar-refractivity contribution in [3.8, 4) is 0 Å².